The highest BCUT2D eigenvalue weighted by atomic mass is 35.5. The van der Waals surface area contributed by atoms with Crippen molar-refractivity contribution >= 4 is 35.1 Å². The van der Waals surface area contributed by atoms with E-state index in [1.807, 2.05) is 19.1 Å². The molecule has 1 saturated heterocycles. The summed E-state index contributed by atoms with van der Waals surface area (Å²) in [5.41, 5.74) is 1.55. The zero-order valence-corrected chi connectivity index (χ0v) is 18.4. The highest BCUT2D eigenvalue weighted by Crippen LogP contribution is 2.56. The second-order valence-corrected chi connectivity index (χ2v) is 9.41. The fraction of sp³-hybridized carbons (Fsp3) is 0.360. The smallest absolute Gasteiger partial charge is 0.274 e. The molecule has 6 nitrogen and oxygen atoms in total. The van der Waals surface area contributed by atoms with E-state index in [1.165, 1.54) is 6.07 Å². The molecule has 2 saturated carbocycles. The van der Waals surface area contributed by atoms with E-state index in [0.717, 1.165) is 34.8 Å². The molecule has 3 aliphatic rings. The molecule has 1 aliphatic heterocycles. The van der Waals surface area contributed by atoms with Crippen molar-refractivity contribution in [1.82, 2.24) is 10.0 Å². The van der Waals surface area contributed by atoms with Gasteiger partial charge in [0.15, 0.2) is 5.78 Å². The molecule has 2 bridgehead atoms. The van der Waals surface area contributed by atoms with Crippen molar-refractivity contribution in [2.75, 3.05) is 6.54 Å². The van der Waals surface area contributed by atoms with Gasteiger partial charge >= 0.3 is 0 Å². The van der Waals surface area contributed by atoms with Crippen LogP contribution in [0.1, 0.15) is 45.5 Å². The number of carbonyl (C=O) groups is 4. The maximum Gasteiger partial charge on any atom is 0.274 e. The molecule has 0 N–H and O–H groups in total. The Morgan fingerprint density at radius 3 is 2.16 bits per heavy atom. The molecular formula is C25H23ClN2O4. The van der Waals surface area contributed by atoms with E-state index in [1.54, 1.807) is 30.3 Å². The van der Waals surface area contributed by atoms with Gasteiger partial charge < -0.3 is 0 Å². The Hall–Kier alpha value is -2.99. The fourth-order valence-corrected chi connectivity index (χ4v) is 5.82. The molecule has 32 heavy (non-hydrogen) atoms. The molecule has 3 amide bonds. The van der Waals surface area contributed by atoms with E-state index < -0.39 is 24.3 Å². The largest absolute Gasteiger partial charge is 0.292 e. The lowest BCUT2D eigenvalue weighted by Crippen LogP contribution is -2.52. The van der Waals surface area contributed by atoms with Gasteiger partial charge in [-0.25, -0.2) is 5.01 Å². The van der Waals surface area contributed by atoms with E-state index in [-0.39, 0.29) is 40.0 Å². The number of carbonyl (C=O) groups excluding carboxylic acids is 4. The molecule has 2 aromatic carbocycles. The topological polar surface area (TPSA) is 74.8 Å². The second-order valence-electron chi connectivity index (χ2n) is 9.00. The number of amides is 3. The first-order valence-corrected chi connectivity index (χ1v) is 11.3. The van der Waals surface area contributed by atoms with Crippen LogP contribution in [0.3, 0.4) is 0 Å². The zero-order chi connectivity index (χ0) is 22.6. The molecular weight excluding hydrogens is 428 g/mol. The zero-order valence-electron chi connectivity index (χ0n) is 17.7. The number of benzene rings is 2. The van der Waals surface area contributed by atoms with Gasteiger partial charge in [0.1, 0.15) is 6.54 Å². The predicted molar refractivity (Wildman–Crippen MR) is 118 cm³/mol. The van der Waals surface area contributed by atoms with Crippen molar-refractivity contribution in [2.24, 2.45) is 23.7 Å². The van der Waals surface area contributed by atoms with E-state index in [0.29, 0.717) is 5.56 Å². The van der Waals surface area contributed by atoms with Crippen molar-refractivity contribution in [2.45, 2.75) is 26.2 Å². The van der Waals surface area contributed by atoms with Crippen LogP contribution in [0.2, 0.25) is 5.02 Å². The van der Waals surface area contributed by atoms with E-state index >= 15 is 0 Å². The fourth-order valence-electron chi connectivity index (χ4n) is 5.60. The van der Waals surface area contributed by atoms with Crippen molar-refractivity contribution in [3.05, 3.63) is 70.2 Å². The van der Waals surface area contributed by atoms with Crippen molar-refractivity contribution in [1.29, 1.82) is 0 Å². The highest BCUT2D eigenvalue weighted by molar-refractivity contribution is 6.34. The highest BCUT2D eigenvalue weighted by Gasteiger charge is 2.62. The number of ketones is 1. The van der Waals surface area contributed by atoms with Gasteiger partial charge in [-0.1, -0.05) is 53.6 Å². The Kier molecular flexibility index (Phi) is 5.13. The summed E-state index contributed by atoms with van der Waals surface area (Å²) in [6.45, 7) is 1.50. The van der Waals surface area contributed by atoms with E-state index in [2.05, 4.69) is 0 Å². The van der Waals surface area contributed by atoms with Crippen LogP contribution < -0.4 is 0 Å². The van der Waals surface area contributed by atoms with Gasteiger partial charge in [-0.2, -0.15) is 5.01 Å². The molecule has 164 valence electrons. The van der Waals surface area contributed by atoms with Crippen molar-refractivity contribution in [3.8, 4) is 0 Å². The number of Topliss-reactive ketones (excluding diaryl/α,β-unsaturated/α-hetero) is 1. The van der Waals surface area contributed by atoms with Gasteiger partial charge in [0.05, 0.1) is 22.4 Å². The SMILES string of the molecule is Cc1ccc(C(=O)CN(C(=O)c2ccccc2Cl)N2C(=O)[C@@H]3[C@H]4CC[C@@H](C4)[C@H]3C2=O)cc1. The van der Waals surface area contributed by atoms with Gasteiger partial charge in [-0.05, 0) is 50.2 Å². The second kappa shape index (κ2) is 7.85. The molecule has 2 aliphatic carbocycles. The maximum atomic E-state index is 13.5. The average Bonchev–Trinajstić information content (AvgIpc) is 3.46. The van der Waals surface area contributed by atoms with Gasteiger partial charge in [-0.3, -0.25) is 19.2 Å². The standard InChI is InChI=1S/C25H23ClN2O4/c1-14-6-8-15(9-7-14)20(29)13-27(23(30)18-4-2-3-5-19(18)26)28-24(31)21-16-10-11-17(12-16)22(21)25(28)32/h2-9,16-17,21-22H,10-13H2,1H3/t16-,17-,21+,22+/m0/s1. The normalized spacial score (nSPS) is 25.9. The maximum absolute atomic E-state index is 13.5. The first-order chi connectivity index (χ1) is 15.4. The number of hydrogen-bond donors (Lipinski definition) is 0. The molecule has 2 aromatic rings. The Morgan fingerprint density at radius 2 is 1.56 bits per heavy atom. The monoisotopic (exact) mass is 450 g/mol. The summed E-state index contributed by atoms with van der Waals surface area (Å²) in [5.74, 6) is -2.16. The number of hydrogen-bond acceptors (Lipinski definition) is 4. The van der Waals surface area contributed by atoms with Gasteiger partial charge in [0, 0.05) is 5.56 Å². The van der Waals surface area contributed by atoms with Crippen molar-refractivity contribution < 1.29 is 19.2 Å². The molecule has 0 spiro atoms. The third-order valence-electron chi connectivity index (χ3n) is 7.15. The minimum absolute atomic E-state index is 0.145. The van der Waals surface area contributed by atoms with Gasteiger partial charge in [0.25, 0.3) is 17.7 Å². The molecule has 3 fully saturated rings. The van der Waals surface area contributed by atoms with E-state index in [4.69, 9.17) is 11.6 Å². The summed E-state index contributed by atoms with van der Waals surface area (Å²) >= 11 is 6.24. The minimum atomic E-state index is -0.634. The lowest BCUT2D eigenvalue weighted by molar-refractivity contribution is -0.154. The van der Waals surface area contributed by atoms with Gasteiger partial charge in [0.2, 0.25) is 0 Å². The van der Waals surface area contributed by atoms with Crippen LogP contribution in [0.25, 0.3) is 0 Å². The van der Waals surface area contributed by atoms with Gasteiger partial charge in [-0.15, -0.1) is 0 Å². The Morgan fingerprint density at radius 1 is 0.969 bits per heavy atom. The van der Waals surface area contributed by atoms with Crippen LogP contribution in [0.4, 0.5) is 0 Å². The number of hydrazine groups is 1. The number of fused-ring (bicyclic) bond motifs is 5. The number of aryl methyl sites for hydroxylation is 1. The number of imide groups is 1. The molecule has 7 heteroatoms. The average molecular weight is 451 g/mol. The summed E-state index contributed by atoms with van der Waals surface area (Å²) in [6, 6.07) is 13.4. The van der Waals surface area contributed by atoms with Crippen LogP contribution >= 0.6 is 11.6 Å². The molecule has 0 aromatic heterocycles. The Balaban J connectivity index is 1.51. The van der Waals surface area contributed by atoms with E-state index in [9.17, 15) is 19.2 Å². The summed E-state index contributed by atoms with van der Waals surface area (Å²) < 4.78 is 0. The lowest BCUT2D eigenvalue weighted by Gasteiger charge is -2.31. The molecule has 0 radical (unpaired) electrons. The molecule has 4 atom stereocenters. The summed E-state index contributed by atoms with van der Waals surface area (Å²) in [6.07, 6.45) is 2.75. The summed E-state index contributed by atoms with van der Waals surface area (Å²) in [7, 11) is 0. The third-order valence-corrected chi connectivity index (χ3v) is 7.48. The van der Waals surface area contributed by atoms with Crippen LogP contribution in [-0.4, -0.2) is 40.1 Å². The quantitative estimate of drug-likeness (QED) is 0.511. The first-order valence-electron chi connectivity index (χ1n) is 10.9. The molecule has 1 heterocycles. The summed E-state index contributed by atoms with van der Waals surface area (Å²) in [5, 5.41) is 2.15. The minimum Gasteiger partial charge on any atom is -0.292 e. The predicted octanol–water partition coefficient (Wildman–Crippen LogP) is 3.92. The van der Waals surface area contributed by atoms with Crippen LogP contribution in [-0.2, 0) is 9.59 Å². The molecule has 0 unspecified atom stereocenters. The number of nitrogens with zero attached hydrogens (tertiary/aromatic N) is 2. The third kappa shape index (κ3) is 3.25. The Bertz CT molecular complexity index is 1100. The number of rotatable bonds is 5. The van der Waals surface area contributed by atoms with Crippen LogP contribution in [0, 0.1) is 30.6 Å². The number of halogens is 1. The summed E-state index contributed by atoms with van der Waals surface area (Å²) in [4.78, 5) is 53.3. The van der Waals surface area contributed by atoms with Crippen LogP contribution in [0.5, 0.6) is 0 Å². The Labute approximate surface area is 191 Å². The lowest BCUT2D eigenvalue weighted by atomic mass is 9.81. The first kappa shape index (κ1) is 20.9. The van der Waals surface area contributed by atoms with Crippen LogP contribution in [0.15, 0.2) is 48.5 Å². The molecule has 5 rings (SSSR count). The van der Waals surface area contributed by atoms with Crippen molar-refractivity contribution in [3.63, 3.8) is 0 Å².